The third-order valence-electron chi connectivity index (χ3n) is 3.56. The van der Waals surface area contributed by atoms with Crippen molar-refractivity contribution in [1.82, 2.24) is 19.5 Å². The van der Waals surface area contributed by atoms with Gasteiger partial charge in [0.05, 0.1) is 20.0 Å². The molecule has 0 aromatic carbocycles. The lowest BCUT2D eigenvalue weighted by Crippen LogP contribution is -2.35. The Morgan fingerprint density at radius 2 is 2.12 bits per heavy atom. The standard InChI is InChI=1S/C11H14ClN5O7S/c1-22-9-5-8(15-11(12)16-9)17(3-14-5)10-7(19)6(18)4(24-10)2-23-25(13,20)21/h3-4,6-7,10,18-19H,2H2,1H3,(H2,13,20,21)/t4-,6-,7-,10-/m1/s1. The van der Waals surface area contributed by atoms with E-state index in [1.807, 2.05) is 0 Å². The molecule has 2 aromatic rings. The van der Waals surface area contributed by atoms with Crippen LogP contribution in [0.25, 0.3) is 11.2 Å². The number of aromatic nitrogens is 4. The highest BCUT2D eigenvalue weighted by Gasteiger charge is 2.45. The monoisotopic (exact) mass is 395 g/mol. The summed E-state index contributed by atoms with van der Waals surface area (Å²) in [6, 6.07) is 0. The lowest BCUT2D eigenvalue weighted by Gasteiger charge is -2.16. The summed E-state index contributed by atoms with van der Waals surface area (Å²) in [5, 5.41) is 24.9. The van der Waals surface area contributed by atoms with Crippen LogP contribution >= 0.6 is 11.6 Å². The van der Waals surface area contributed by atoms with E-state index in [4.69, 9.17) is 26.2 Å². The average molecular weight is 396 g/mol. The molecule has 3 heterocycles. The summed E-state index contributed by atoms with van der Waals surface area (Å²) in [6.07, 6.45) is -3.81. The van der Waals surface area contributed by atoms with Gasteiger partial charge in [-0.05, 0) is 11.6 Å². The van der Waals surface area contributed by atoms with E-state index in [1.54, 1.807) is 0 Å². The first-order chi connectivity index (χ1) is 11.7. The van der Waals surface area contributed by atoms with E-state index in [2.05, 4.69) is 19.1 Å². The number of hydrogen-bond donors (Lipinski definition) is 3. The SMILES string of the molecule is COc1nc(Cl)nc2c1ncn2[C@@H]1O[C@H](COS(N)(=O)=O)[C@@H](O)[C@H]1O. The Morgan fingerprint density at radius 3 is 2.76 bits per heavy atom. The van der Waals surface area contributed by atoms with Gasteiger partial charge in [0.15, 0.2) is 17.4 Å². The van der Waals surface area contributed by atoms with Crippen molar-refractivity contribution in [2.45, 2.75) is 24.5 Å². The van der Waals surface area contributed by atoms with Crippen molar-refractivity contribution in [2.75, 3.05) is 13.7 Å². The Balaban J connectivity index is 1.92. The average Bonchev–Trinajstić information content (AvgIpc) is 3.06. The van der Waals surface area contributed by atoms with Gasteiger partial charge < -0.3 is 19.7 Å². The molecule has 0 bridgehead atoms. The summed E-state index contributed by atoms with van der Waals surface area (Å²) in [4.78, 5) is 12.0. The predicted molar refractivity (Wildman–Crippen MR) is 81.9 cm³/mol. The van der Waals surface area contributed by atoms with Crippen molar-refractivity contribution in [1.29, 1.82) is 0 Å². The van der Waals surface area contributed by atoms with Crippen LogP contribution < -0.4 is 9.88 Å². The highest BCUT2D eigenvalue weighted by atomic mass is 35.5. The number of hydrogen-bond acceptors (Lipinski definition) is 10. The maximum absolute atomic E-state index is 10.9. The fraction of sp³-hybridized carbons (Fsp3) is 0.545. The highest BCUT2D eigenvalue weighted by molar-refractivity contribution is 7.84. The van der Waals surface area contributed by atoms with Gasteiger partial charge >= 0.3 is 10.3 Å². The molecular formula is C11H14ClN5O7S. The van der Waals surface area contributed by atoms with E-state index >= 15 is 0 Å². The van der Waals surface area contributed by atoms with E-state index < -0.39 is 41.5 Å². The van der Waals surface area contributed by atoms with Crippen molar-refractivity contribution in [3.05, 3.63) is 11.6 Å². The molecule has 0 radical (unpaired) electrons. The first kappa shape index (κ1) is 18.2. The van der Waals surface area contributed by atoms with Crippen LogP contribution in [0.5, 0.6) is 5.88 Å². The van der Waals surface area contributed by atoms with Crippen LogP contribution in [0.2, 0.25) is 5.28 Å². The largest absolute Gasteiger partial charge is 0.479 e. The van der Waals surface area contributed by atoms with Gasteiger partial charge in [0.2, 0.25) is 11.2 Å². The molecule has 0 unspecified atom stereocenters. The van der Waals surface area contributed by atoms with Gasteiger partial charge in [0, 0.05) is 0 Å². The molecule has 4 N–H and O–H groups in total. The van der Waals surface area contributed by atoms with Crippen molar-refractivity contribution >= 4 is 33.1 Å². The maximum Gasteiger partial charge on any atom is 0.333 e. The van der Waals surface area contributed by atoms with Crippen molar-refractivity contribution in [2.24, 2.45) is 5.14 Å². The molecule has 2 aromatic heterocycles. The van der Waals surface area contributed by atoms with E-state index in [1.165, 1.54) is 18.0 Å². The van der Waals surface area contributed by atoms with Crippen molar-refractivity contribution in [3.8, 4) is 5.88 Å². The number of fused-ring (bicyclic) bond motifs is 1. The van der Waals surface area contributed by atoms with Gasteiger partial charge in [-0.1, -0.05) is 0 Å². The zero-order valence-corrected chi connectivity index (χ0v) is 14.3. The van der Waals surface area contributed by atoms with Gasteiger partial charge in [-0.3, -0.25) is 8.75 Å². The predicted octanol–water partition coefficient (Wildman–Crippen LogP) is -1.67. The summed E-state index contributed by atoms with van der Waals surface area (Å²) in [5.41, 5.74) is 0.461. The Kier molecular flexibility index (Phi) is 4.80. The maximum atomic E-state index is 10.9. The molecular weight excluding hydrogens is 382 g/mol. The normalized spacial score (nSPS) is 27.1. The highest BCUT2D eigenvalue weighted by Crippen LogP contribution is 2.33. The van der Waals surface area contributed by atoms with Crippen molar-refractivity contribution in [3.63, 3.8) is 0 Å². The van der Waals surface area contributed by atoms with Gasteiger partial charge in [-0.2, -0.15) is 18.4 Å². The number of imidazole rings is 1. The summed E-state index contributed by atoms with van der Waals surface area (Å²) in [5.74, 6) is 0.121. The van der Waals surface area contributed by atoms with E-state index in [9.17, 15) is 18.6 Å². The van der Waals surface area contributed by atoms with Crippen LogP contribution in [0.4, 0.5) is 0 Å². The number of aliphatic hydroxyl groups excluding tert-OH is 2. The Labute approximate surface area is 146 Å². The fourth-order valence-corrected chi connectivity index (χ4v) is 2.93. The van der Waals surface area contributed by atoms with Crippen LogP contribution in [0, 0.1) is 0 Å². The van der Waals surface area contributed by atoms with Crippen LogP contribution in [-0.2, 0) is 19.2 Å². The molecule has 12 nitrogen and oxygen atoms in total. The van der Waals surface area contributed by atoms with Crippen LogP contribution in [-0.4, -0.2) is 70.2 Å². The summed E-state index contributed by atoms with van der Waals surface area (Å²) < 4.78 is 38.0. The third kappa shape index (κ3) is 3.52. The zero-order chi connectivity index (χ0) is 18.4. The van der Waals surface area contributed by atoms with E-state index in [-0.39, 0.29) is 22.3 Å². The molecule has 0 spiro atoms. The molecule has 1 saturated heterocycles. The second kappa shape index (κ2) is 6.60. The molecule has 0 aliphatic carbocycles. The minimum Gasteiger partial charge on any atom is -0.479 e. The smallest absolute Gasteiger partial charge is 0.333 e. The topological polar surface area (TPSA) is 172 Å². The lowest BCUT2D eigenvalue weighted by molar-refractivity contribution is -0.0467. The number of nitrogens with zero attached hydrogens (tertiary/aromatic N) is 4. The molecule has 0 amide bonds. The summed E-state index contributed by atoms with van der Waals surface area (Å²) >= 11 is 5.84. The van der Waals surface area contributed by atoms with E-state index in [0.717, 1.165) is 0 Å². The number of halogens is 1. The Bertz CT molecular complexity index is 890. The molecule has 138 valence electrons. The molecule has 4 atom stereocenters. The molecule has 1 aliphatic heterocycles. The van der Waals surface area contributed by atoms with Crippen molar-refractivity contribution < 1.29 is 32.3 Å². The molecule has 14 heteroatoms. The molecule has 0 saturated carbocycles. The number of nitrogens with two attached hydrogens (primary N) is 1. The van der Waals surface area contributed by atoms with Crippen LogP contribution in [0.15, 0.2) is 6.33 Å². The Morgan fingerprint density at radius 1 is 1.40 bits per heavy atom. The van der Waals surface area contributed by atoms with Crippen LogP contribution in [0.1, 0.15) is 6.23 Å². The lowest BCUT2D eigenvalue weighted by atomic mass is 10.1. The third-order valence-corrected chi connectivity index (χ3v) is 4.20. The molecule has 25 heavy (non-hydrogen) atoms. The van der Waals surface area contributed by atoms with Gasteiger partial charge in [0.25, 0.3) is 0 Å². The fourth-order valence-electron chi connectivity index (χ4n) is 2.45. The molecule has 1 fully saturated rings. The molecule has 1 aliphatic rings. The number of aliphatic hydroxyl groups is 2. The minimum atomic E-state index is -4.22. The second-order valence-corrected chi connectivity index (χ2v) is 6.71. The number of ether oxygens (including phenoxy) is 2. The summed E-state index contributed by atoms with van der Waals surface area (Å²) in [6.45, 7) is -0.570. The van der Waals surface area contributed by atoms with E-state index in [0.29, 0.717) is 0 Å². The minimum absolute atomic E-state index is 0.117. The second-order valence-electron chi connectivity index (χ2n) is 5.15. The van der Waals surface area contributed by atoms with Gasteiger partial charge in [-0.15, -0.1) is 0 Å². The zero-order valence-electron chi connectivity index (χ0n) is 12.7. The first-order valence-electron chi connectivity index (χ1n) is 6.84. The first-order valence-corrected chi connectivity index (χ1v) is 8.69. The van der Waals surface area contributed by atoms with Gasteiger partial charge in [-0.25, -0.2) is 10.1 Å². The Hall–Kier alpha value is -1.61. The number of rotatable bonds is 5. The van der Waals surface area contributed by atoms with Gasteiger partial charge in [0.1, 0.15) is 18.3 Å². The molecule has 3 rings (SSSR count). The summed E-state index contributed by atoms with van der Waals surface area (Å²) in [7, 11) is -2.84. The number of methoxy groups -OCH3 is 1. The quantitative estimate of drug-likeness (QED) is 0.496. The van der Waals surface area contributed by atoms with Crippen LogP contribution in [0.3, 0.4) is 0 Å².